The van der Waals surface area contributed by atoms with Crippen LogP contribution in [0.15, 0.2) is 18.5 Å². The van der Waals surface area contributed by atoms with Gasteiger partial charge in [-0.05, 0) is 75.6 Å². The highest BCUT2D eigenvalue weighted by Gasteiger charge is 2.49. The van der Waals surface area contributed by atoms with Crippen LogP contribution in [0.5, 0.6) is 6.01 Å². The van der Waals surface area contributed by atoms with Crippen molar-refractivity contribution in [2.24, 2.45) is 5.92 Å². The van der Waals surface area contributed by atoms with Crippen molar-refractivity contribution in [3.63, 3.8) is 0 Å². The number of anilines is 1. The fraction of sp³-hybridized carbons (Fsp3) is 0.545. The average Bonchev–Trinajstić information content (AvgIpc) is 3.74. The number of carbonyl (C=O) groups excluding carboxylic acids is 1. The molecule has 0 amide bonds. The molecule has 3 aromatic heterocycles. The van der Waals surface area contributed by atoms with Crippen LogP contribution in [0, 0.1) is 18.7 Å². The van der Waals surface area contributed by atoms with E-state index in [0.29, 0.717) is 68.7 Å². The summed E-state index contributed by atoms with van der Waals surface area (Å²) in [5.41, 5.74) is 3.36. The number of alkyl halides is 1. The number of carbonyl (C=O) groups is 1. The molecule has 6 bridgehead atoms. The molecule has 0 radical (unpaired) electrons. The number of halogens is 2. The van der Waals surface area contributed by atoms with E-state index in [2.05, 4.69) is 20.1 Å². The second-order valence-corrected chi connectivity index (χ2v) is 13.2. The zero-order valence-electron chi connectivity index (χ0n) is 25.5. The summed E-state index contributed by atoms with van der Waals surface area (Å²) in [5.74, 6) is -0.611. The Balaban J connectivity index is 1.29. The lowest BCUT2D eigenvalue weighted by molar-refractivity contribution is -0.148. The monoisotopic (exact) mass is 617 g/mol. The highest BCUT2D eigenvalue weighted by molar-refractivity contribution is 5.99. The first-order chi connectivity index (χ1) is 21.9. The van der Waals surface area contributed by atoms with Crippen LogP contribution in [0.3, 0.4) is 0 Å². The summed E-state index contributed by atoms with van der Waals surface area (Å²) in [6.45, 7) is 4.85. The van der Waals surface area contributed by atoms with Gasteiger partial charge in [0.1, 0.15) is 29.8 Å². The van der Waals surface area contributed by atoms with Gasteiger partial charge in [0.25, 0.3) is 0 Å². The molecule has 4 aromatic rings. The minimum absolute atomic E-state index is 0.0424. The van der Waals surface area contributed by atoms with Crippen molar-refractivity contribution in [2.45, 2.75) is 70.0 Å². The van der Waals surface area contributed by atoms with E-state index in [-0.39, 0.29) is 35.7 Å². The van der Waals surface area contributed by atoms with E-state index in [1.165, 1.54) is 0 Å². The normalized spacial score (nSPS) is 25.7. The molecule has 10 nitrogen and oxygen atoms in total. The van der Waals surface area contributed by atoms with Crippen LogP contribution in [0.25, 0.3) is 33.1 Å². The SMILES string of the molecule is Cc1cc2[nH]ncc2c2c1CCCCOC(=O)[C@@H]1CCCN(C1)c1nc(OC[C@@]34CCCN3C[C@H](F)C4)nc3c(F)c-2ncc13. The number of rotatable bonds is 3. The van der Waals surface area contributed by atoms with E-state index in [1.807, 2.05) is 17.9 Å². The average molecular weight is 618 g/mol. The van der Waals surface area contributed by atoms with Gasteiger partial charge in [-0.2, -0.15) is 15.1 Å². The first kappa shape index (κ1) is 28.5. The molecular weight excluding hydrogens is 580 g/mol. The number of benzene rings is 1. The molecule has 8 heterocycles. The quantitative estimate of drug-likeness (QED) is 0.315. The first-order valence-corrected chi connectivity index (χ1v) is 16.2. The molecular formula is C33H37F2N7O3. The molecule has 3 atom stereocenters. The number of H-pyrrole nitrogens is 1. The van der Waals surface area contributed by atoms with Crippen molar-refractivity contribution >= 4 is 33.6 Å². The van der Waals surface area contributed by atoms with Crippen LogP contribution in [0.4, 0.5) is 14.6 Å². The third kappa shape index (κ3) is 4.88. The molecule has 236 valence electrons. The number of nitrogens with zero attached hydrogens (tertiary/aromatic N) is 6. The van der Waals surface area contributed by atoms with E-state index >= 15 is 4.39 Å². The maximum absolute atomic E-state index is 17.0. The first-order valence-electron chi connectivity index (χ1n) is 16.2. The highest BCUT2D eigenvalue weighted by Crippen LogP contribution is 2.42. The van der Waals surface area contributed by atoms with E-state index in [9.17, 15) is 9.18 Å². The maximum Gasteiger partial charge on any atom is 0.319 e. The molecule has 3 fully saturated rings. The molecule has 5 aliphatic heterocycles. The largest absolute Gasteiger partial charge is 0.465 e. The Morgan fingerprint density at radius 1 is 1.13 bits per heavy atom. The number of aryl methyl sites for hydroxylation is 1. The van der Waals surface area contributed by atoms with Crippen molar-refractivity contribution in [1.29, 1.82) is 0 Å². The fourth-order valence-corrected chi connectivity index (χ4v) is 8.07. The fourth-order valence-electron chi connectivity index (χ4n) is 8.07. The number of fused-ring (bicyclic) bond motifs is 8. The predicted molar refractivity (Wildman–Crippen MR) is 164 cm³/mol. The lowest BCUT2D eigenvalue weighted by Crippen LogP contribution is -2.43. The molecule has 0 aliphatic carbocycles. The molecule has 0 unspecified atom stereocenters. The van der Waals surface area contributed by atoms with Gasteiger partial charge in [0, 0.05) is 43.2 Å². The second-order valence-electron chi connectivity index (χ2n) is 13.2. The Hall–Kier alpha value is -3.93. The van der Waals surface area contributed by atoms with Gasteiger partial charge in [-0.15, -0.1) is 0 Å². The van der Waals surface area contributed by atoms with Gasteiger partial charge in [-0.1, -0.05) is 0 Å². The van der Waals surface area contributed by atoms with Crippen molar-refractivity contribution < 1.29 is 23.0 Å². The van der Waals surface area contributed by atoms with Crippen molar-refractivity contribution in [3.05, 3.63) is 35.4 Å². The zero-order valence-corrected chi connectivity index (χ0v) is 25.5. The summed E-state index contributed by atoms with van der Waals surface area (Å²) >= 11 is 0. The van der Waals surface area contributed by atoms with Crippen molar-refractivity contribution in [2.75, 3.05) is 44.3 Å². The van der Waals surface area contributed by atoms with Crippen LogP contribution < -0.4 is 9.64 Å². The molecule has 12 heteroatoms. The molecule has 1 aromatic carbocycles. The summed E-state index contributed by atoms with van der Waals surface area (Å²) in [5, 5.41) is 8.51. The van der Waals surface area contributed by atoms with Gasteiger partial charge >= 0.3 is 12.0 Å². The molecule has 0 spiro atoms. The summed E-state index contributed by atoms with van der Waals surface area (Å²) in [7, 11) is 0. The van der Waals surface area contributed by atoms with Gasteiger partial charge in [-0.3, -0.25) is 19.8 Å². The molecule has 3 saturated heterocycles. The Bertz CT molecular complexity index is 1800. The van der Waals surface area contributed by atoms with E-state index in [0.717, 1.165) is 54.3 Å². The summed E-state index contributed by atoms with van der Waals surface area (Å²) < 4.78 is 43.5. The molecule has 5 aliphatic rings. The Morgan fingerprint density at radius 2 is 2.04 bits per heavy atom. The smallest absolute Gasteiger partial charge is 0.319 e. The number of pyridine rings is 1. The van der Waals surface area contributed by atoms with Gasteiger partial charge in [-0.25, -0.2) is 8.78 Å². The lowest BCUT2D eigenvalue weighted by atomic mass is 9.91. The molecule has 45 heavy (non-hydrogen) atoms. The van der Waals surface area contributed by atoms with Crippen molar-refractivity contribution in [3.8, 4) is 17.3 Å². The molecule has 1 N–H and O–H groups in total. The van der Waals surface area contributed by atoms with Crippen molar-refractivity contribution in [1.82, 2.24) is 30.0 Å². The van der Waals surface area contributed by atoms with Gasteiger partial charge in [0.15, 0.2) is 5.82 Å². The zero-order chi connectivity index (χ0) is 30.7. The van der Waals surface area contributed by atoms with Crippen LogP contribution in [-0.2, 0) is 16.0 Å². The third-order valence-corrected chi connectivity index (χ3v) is 10.3. The number of ether oxygens (including phenoxy) is 2. The predicted octanol–water partition coefficient (Wildman–Crippen LogP) is 5.07. The Labute approximate surface area is 259 Å². The Kier molecular flexibility index (Phi) is 7.07. The number of hydrogen-bond acceptors (Lipinski definition) is 9. The van der Waals surface area contributed by atoms with E-state index in [1.54, 1.807) is 12.4 Å². The van der Waals surface area contributed by atoms with Crippen LogP contribution in [0.1, 0.15) is 56.1 Å². The molecule has 9 rings (SSSR count). The minimum atomic E-state index is -0.895. The Morgan fingerprint density at radius 3 is 2.96 bits per heavy atom. The minimum Gasteiger partial charge on any atom is -0.465 e. The lowest BCUT2D eigenvalue weighted by Gasteiger charge is -2.33. The van der Waals surface area contributed by atoms with Crippen LogP contribution in [-0.4, -0.2) is 87.1 Å². The topological polar surface area (TPSA) is 109 Å². The number of piperidine rings is 1. The van der Waals surface area contributed by atoms with E-state index in [4.69, 9.17) is 19.4 Å². The van der Waals surface area contributed by atoms with E-state index < -0.39 is 17.5 Å². The van der Waals surface area contributed by atoms with Crippen LogP contribution in [0.2, 0.25) is 0 Å². The number of hydrogen-bond donors (Lipinski definition) is 1. The van der Waals surface area contributed by atoms with Gasteiger partial charge in [0.2, 0.25) is 0 Å². The maximum atomic E-state index is 17.0. The number of nitrogens with one attached hydrogen (secondary N) is 1. The number of esters is 1. The second kappa shape index (κ2) is 11.1. The summed E-state index contributed by atoms with van der Waals surface area (Å²) in [4.78, 5) is 31.5. The van der Waals surface area contributed by atoms with Crippen LogP contribution >= 0.6 is 0 Å². The summed E-state index contributed by atoms with van der Waals surface area (Å²) in [6.07, 6.45) is 8.28. The van der Waals surface area contributed by atoms with Gasteiger partial charge < -0.3 is 14.4 Å². The number of aromatic nitrogens is 5. The highest BCUT2D eigenvalue weighted by atomic mass is 19.1. The summed E-state index contributed by atoms with van der Waals surface area (Å²) in [6, 6.07) is 2.07. The third-order valence-electron chi connectivity index (χ3n) is 10.3. The molecule has 0 saturated carbocycles. The van der Waals surface area contributed by atoms with Gasteiger partial charge in [0.05, 0.1) is 35.2 Å². The standard InChI is InChI=1S/C33H37F2N7O3/c1-19-12-25-23(15-37-40-25)26-22(19)7-2-3-11-44-31(43)20-6-4-9-41(16-20)30-24-14-36-29(26)27(35)28(24)38-32(39-30)45-18-33-8-5-10-42(33)17-21(34)13-33/h12,14-15,20-21H,2-11,13,16-18H2,1H3,(H,37,40)/t20-,21-,33+/m1/s1. The number of aromatic amines is 1.